The van der Waals surface area contributed by atoms with E-state index >= 15 is 0 Å². The van der Waals surface area contributed by atoms with Gasteiger partial charge in [0.2, 0.25) is 0 Å². The Kier molecular flexibility index (Phi) is 17.6. The van der Waals surface area contributed by atoms with Gasteiger partial charge in [-0.05, 0) is 18.8 Å². The number of allylic oxidation sites excluding steroid dienone is 1. The van der Waals surface area contributed by atoms with Gasteiger partial charge < -0.3 is 0 Å². The van der Waals surface area contributed by atoms with Crippen molar-refractivity contribution in [2.45, 2.75) is 117 Å². The molecule has 0 aliphatic carbocycles. The van der Waals surface area contributed by atoms with Crippen molar-refractivity contribution in [3.63, 3.8) is 0 Å². The lowest BCUT2D eigenvalue weighted by atomic mass is 9.97. The minimum Gasteiger partial charge on any atom is -0.103 e. The first kappa shape index (κ1) is 20.7. The fourth-order valence-electron chi connectivity index (χ4n) is 3.06. The molecule has 1 unspecified atom stereocenters. The zero-order valence-corrected chi connectivity index (χ0v) is 15.2. The highest BCUT2D eigenvalue weighted by molar-refractivity contribution is 4.68. The molecular formula is C21H42. The quantitative estimate of drug-likeness (QED) is 0.188. The molecule has 0 bridgehead atoms. The molecule has 0 saturated heterocycles. The van der Waals surface area contributed by atoms with Crippen molar-refractivity contribution in [1.29, 1.82) is 0 Å². The van der Waals surface area contributed by atoms with Gasteiger partial charge in [-0.25, -0.2) is 0 Å². The summed E-state index contributed by atoms with van der Waals surface area (Å²) < 4.78 is 0. The van der Waals surface area contributed by atoms with E-state index in [9.17, 15) is 0 Å². The maximum atomic E-state index is 3.80. The Morgan fingerprint density at radius 2 is 1.10 bits per heavy atom. The second kappa shape index (κ2) is 17.8. The molecule has 0 aromatic rings. The summed E-state index contributed by atoms with van der Waals surface area (Å²) in [6.45, 7) is 8.49. The smallest absolute Gasteiger partial charge is 0.0351 e. The van der Waals surface area contributed by atoms with Gasteiger partial charge in [0.1, 0.15) is 0 Å². The Labute approximate surface area is 135 Å². The van der Waals surface area contributed by atoms with Crippen LogP contribution in [0.1, 0.15) is 117 Å². The molecule has 21 heavy (non-hydrogen) atoms. The maximum absolute atomic E-state index is 3.80. The van der Waals surface area contributed by atoms with E-state index in [0.29, 0.717) is 0 Å². The third kappa shape index (κ3) is 17.7. The number of hydrogen-bond acceptors (Lipinski definition) is 0. The summed E-state index contributed by atoms with van der Waals surface area (Å²) in [6, 6.07) is 0. The van der Waals surface area contributed by atoms with Crippen LogP contribution in [0.15, 0.2) is 12.7 Å². The molecule has 0 aromatic heterocycles. The number of hydrogen-bond donors (Lipinski definition) is 0. The standard InChI is InChI=1S/C21H42/c1-4-6-8-9-10-11-12-13-14-15-16-17-18-20-21(3)19-7-5-2/h5,21H,2,4,6-20H2,1,3H3. The first-order valence-electron chi connectivity index (χ1n) is 9.92. The molecule has 0 heterocycles. The molecule has 0 aliphatic heterocycles. The van der Waals surface area contributed by atoms with Crippen LogP contribution in [-0.4, -0.2) is 0 Å². The second-order valence-electron chi connectivity index (χ2n) is 7.00. The normalized spacial score (nSPS) is 12.5. The first-order chi connectivity index (χ1) is 10.3. The summed E-state index contributed by atoms with van der Waals surface area (Å²) in [7, 11) is 0. The van der Waals surface area contributed by atoms with Crippen molar-refractivity contribution in [3.05, 3.63) is 12.7 Å². The average molecular weight is 295 g/mol. The largest absolute Gasteiger partial charge is 0.103 e. The summed E-state index contributed by atoms with van der Waals surface area (Å²) >= 11 is 0. The summed E-state index contributed by atoms with van der Waals surface area (Å²) in [5.74, 6) is 0.899. The molecule has 0 radical (unpaired) electrons. The Hall–Kier alpha value is -0.260. The van der Waals surface area contributed by atoms with Crippen LogP contribution in [0.3, 0.4) is 0 Å². The van der Waals surface area contributed by atoms with Gasteiger partial charge in [0.05, 0.1) is 0 Å². The molecule has 0 fully saturated rings. The van der Waals surface area contributed by atoms with Crippen molar-refractivity contribution in [2.75, 3.05) is 0 Å². The number of rotatable bonds is 17. The van der Waals surface area contributed by atoms with E-state index < -0.39 is 0 Å². The Morgan fingerprint density at radius 3 is 1.52 bits per heavy atom. The van der Waals surface area contributed by atoms with E-state index in [4.69, 9.17) is 0 Å². The van der Waals surface area contributed by atoms with Crippen molar-refractivity contribution in [2.24, 2.45) is 5.92 Å². The van der Waals surface area contributed by atoms with Gasteiger partial charge in [-0.3, -0.25) is 0 Å². The van der Waals surface area contributed by atoms with Crippen LogP contribution in [-0.2, 0) is 0 Å². The molecule has 0 heteroatoms. The van der Waals surface area contributed by atoms with E-state index in [1.807, 2.05) is 0 Å². The summed E-state index contributed by atoms with van der Waals surface area (Å²) in [5, 5.41) is 0. The molecule has 0 amide bonds. The van der Waals surface area contributed by atoms with E-state index in [0.717, 1.165) is 5.92 Å². The summed E-state index contributed by atoms with van der Waals surface area (Å²) in [6.07, 6.45) is 24.9. The van der Waals surface area contributed by atoms with Gasteiger partial charge in [0.15, 0.2) is 0 Å². The lowest BCUT2D eigenvalue weighted by Crippen LogP contribution is -1.93. The molecule has 0 aliphatic rings. The summed E-state index contributed by atoms with van der Waals surface area (Å²) in [4.78, 5) is 0. The minimum absolute atomic E-state index is 0.899. The Bertz CT molecular complexity index is 194. The van der Waals surface area contributed by atoms with Crippen molar-refractivity contribution in [1.82, 2.24) is 0 Å². The molecule has 0 N–H and O–H groups in total. The van der Waals surface area contributed by atoms with Crippen molar-refractivity contribution < 1.29 is 0 Å². The topological polar surface area (TPSA) is 0 Å². The molecule has 0 nitrogen and oxygen atoms in total. The van der Waals surface area contributed by atoms with Crippen LogP contribution in [0, 0.1) is 5.92 Å². The Morgan fingerprint density at radius 1 is 0.667 bits per heavy atom. The minimum atomic E-state index is 0.899. The monoisotopic (exact) mass is 294 g/mol. The average Bonchev–Trinajstić information content (AvgIpc) is 2.49. The lowest BCUT2D eigenvalue weighted by Gasteiger charge is -2.09. The van der Waals surface area contributed by atoms with E-state index in [1.165, 1.54) is 103 Å². The third-order valence-electron chi connectivity index (χ3n) is 4.66. The van der Waals surface area contributed by atoms with Gasteiger partial charge in [0, 0.05) is 0 Å². The van der Waals surface area contributed by atoms with Gasteiger partial charge >= 0.3 is 0 Å². The summed E-state index contributed by atoms with van der Waals surface area (Å²) in [5.41, 5.74) is 0. The zero-order chi connectivity index (χ0) is 15.6. The zero-order valence-electron chi connectivity index (χ0n) is 15.2. The lowest BCUT2D eigenvalue weighted by molar-refractivity contribution is 0.457. The van der Waals surface area contributed by atoms with Gasteiger partial charge in [-0.2, -0.15) is 0 Å². The van der Waals surface area contributed by atoms with Gasteiger partial charge in [0.25, 0.3) is 0 Å². The highest BCUT2D eigenvalue weighted by Crippen LogP contribution is 2.17. The van der Waals surface area contributed by atoms with Gasteiger partial charge in [-0.1, -0.05) is 110 Å². The van der Waals surface area contributed by atoms with Crippen LogP contribution in [0.4, 0.5) is 0 Å². The van der Waals surface area contributed by atoms with Crippen molar-refractivity contribution in [3.8, 4) is 0 Å². The fourth-order valence-corrected chi connectivity index (χ4v) is 3.06. The van der Waals surface area contributed by atoms with E-state index in [2.05, 4.69) is 26.5 Å². The third-order valence-corrected chi connectivity index (χ3v) is 4.66. The molecule has 0 spiro atoms. The molecule has 126 valence electrons. The highest BCUT2D eigenvalue weighted by Gasteiger charge is 2.00. The fraction of sp³-hybridized carbons (Fsp3) is 0.905. The van der Waals surface area contributed by atoms with Crippen molar-refractivity contribution >= 4 is 0 Å². The molecule has 1 atom stereocenters. The van der Waals surface area contributed by atoms with Crippen LogP contribution in [0.25, 0.3) is 0 Å². The predicted octanol–water partition coefficient (Wildman–Crippen LogP) is 8.07. The van der Waals surface area contributed by atoms with Crippen LogP contribution < -0.4 is 0 Å². The molecule has 0 aromatic carbocycles. The SMILES string of the molecule is C=CCCC(C)CCCCCCCCCCCCCCC. The van der Waals surface area contributed by atoms with E-state index in [1.54, 1.807) is 0 Å². The van der Waals surface area contributed by atoms with E-state index in [-0.39, 0.29) is 0 Å². The van der Waals surface area contributed by atoms with Crippen LogP contribution in [0.2, 0.25) is 0 Å². The second-order valence-corrected chi connectivity index (χ2v) is 7.00. The van der Waals surface area contributed by atoms with Crippen LogP contribution in [0.5, 0.6) is 0 Å². The van der Waals surface area contributed by atoms with Crippen LogP contribution >= 0.6 is 0 Å². The maximum Gasteiger partial charge on any atom is -0.0351 e. The number of unbranched alkanes of at least 4 members (excludes halogenated alkanes) is 12. The van der Waals surface area contributed by atoms with Gasteiger partial charge in [-0.15, -0.1) is 6.58 Å². The molecule has 0 rings (SSSR count). The molecule has 0 saturated carbocycles. The Balaban J connectivity index is 3.04. The molecular weight excluding hydrogens is 252 g/mol. The highest BCUT2D eigenvalue weighted by atomic mass is 14.1. The predicted molar refractivity (Wildman–Crippen MR) is 98.9 cm³/mol. The first-order valence-corrected chi connectivity index (χ1v) is 9.92.